The zero-order valence-electron chi connectivity index (χ0n) is 8.18. The fraction of sp³-hybridized carbons (Fsp3) is 0.222. The second-order valence-corrected chi connectivity index (χ2v) is 3.59. The van der Waals surface area contributed by atoms with Crippen molar-refractivity contribution in [2.45, 2.75) is 0 Å². The van der Waals surface area contributed by atoms with E-state index in [0.717, 1.165) is 11.0 Å². The highest BCUT2D eigenvalue weighted by Gasteiger charge is 2.13. The first-order valence-corrected chi connectivity index (χ1v) is 5.00. The SMILES string of the molecule is COc1nc(OC)c2scc(C=O)c2n1. The summed E-state index contributed by atoms with van der Waals surface area (Å²) < 4.78 is 10.8. The molecule has 0 amide bonds. The van der Waals surface area contributed by atoms with Crippen LogP contribution in [0.5, 0.6) is 11.9 Å². The lowest BCUT2D eigenvalue weighted by Gasteiger charge is -2.02. The van der Waals surface area contributed by atoms with Gasteiger partial charge in [0.05, 0.1) is 19.8 Å². The van der Waals surface area contributed by atoms with Crippen molar-refractivity contribution < 1.29 is 14.3 Å². The number of nitrogens with zero attached hydrogens (tertiary/aromatic N) is 2. The molecule has 0 fully saturated rings. The standard InChI is InChI=1S/C9H8N2O3S/c1-13-8-7-6(5(3-12)4-15-7)10-9(11-8)14-2/h3-4H,1-2H3. The van der Waals surface area contributed by atoms with Gasteiger partial charge < -0.3 is 9.47 Å². The zero-order valence-corrected chi connectivity index (χ0v) is 9.00. The molecular weight excluding hydrogens is 216 g/mol. The van der Waals surface area contributed by atoms with E-state index in [1.54, 1.807) is 5.38 Å². The van der Waals surface area contributed by atoms with E-state index >= 15 is 0 Å². The number of carbonyl (C=O) groups is 1. The van der Waals surface area contributed by atoms with Gasteiger partial charge in [-0.3, -0.25) is 4.79 Å². The van der Waals surface area contributed by atoms with Crippen LogP contribution in [0.2, 0.25) is 0 Å². The quantitative estimate of drug-likeness (QED) is 0.740. The molecule has 0 aromatic carbocycles. The van der Waals surface area contributed by atoms with Crippen molar-refractivity contribution in [3.63, 3.8) is 0 Å². The minimum absolute atomic E-state index is 0.195. The van der Waals surface area contributed by atoms with Crippen molar-refractivity contribution in [2.75, 3.05) is 14.2 Å². The molecule has 2 aromatic rings. The van der Waals surface area contributed by atoms with Gasteiger partial charge in [-0.15, -0.1) is 11.3 Å². The van der Waals surface area contributed by atoms with Crippen molar-refractivity contribution in [3.05, 3.63) is 10.9 Å². The maximum Gasteiger partial charge on any atom is 0.320 e. The molecule has 5 nitrogen and oxygen atoms in total. The topological polar surface area (TPSA) is 61.3 Å². The molecule has 0 saturated heterocycles. The van der Waals surface area contributed by atoms with E-state index in [1.807, 2.05) is 0 Å². The first-order valence-electron chi connectivity index (χ1n) is 4.12. The van der Waals surface area contributed by atoms with Gasteiger partial charge in [0.15, 0.2) is 6.29 Å². The summed E-state index contributed by atoms with van der Waals surface area (Å²) in [5.41, 5.74) is 1.09. The van der Waals surface area contributed by atoms with E-state index in [2.05, 4.69) is 9.97 Å². The minimum atomic E-state index is 0.195. The van der Waals surface area contributed by atoms with Crippen LogP contribution in [0.25, 0.3) is 10.2 Å². The largest absolute Gasteiger partial charge is 0.480 e. The highest BCUT2D eigenvalue weighted by atomic mass is 32.1. The number of fused-ring (bicyclic) bond motifs is 1. The zero-order chi connectivity index (χ0) is 10.8. The smallest absolute Gasteiger partial charge is 0.320 e. The normalized spacial score (nSPS) is 10.3. The Kier molecular flexibility index (Phi) is 2.51. The van der Waals surface area contributed by atoms with Crippen LogP contribution in [0.15, 0.2) is 5.38 Å². The summed E-state index contributed by atoms with van der Waals surface area (Å²) in [6.45, 7) is 0. The Morgan fingerprint density at radius 1 is 1.33 bits per heavy atom. The third-order valence-corrected chi connectivity index (χ3v) is 2.87. The van der Waals surface area contributed by atoms with Gasteiger partial charge in [-0.05, 0) is 0 Å². The van der Waals surface area contributed by atoms with E-state index in [-0.39, 0.29) is 6.01 Å². The third kappa shape index (κ3) is 1.52. The van der Waals surface area contributed by atoms with Crippen LogP contribution in [-0.2, 0) is 0 Å². The first-order chi connectivity index (χ1) is 7.30. The Bertz CT molecular complexity index is 509. The average Bonchev–Trinajstić information content (AvgIpc) is 2.70. The van der Waals surface area contributed by atoms with Gasteiger partial charge in [-0.1, -0.05) is 0 Å². The lowest BCUT2D eigenvalue weighted by molar-refractivity contribution is 0.112. The van der Waals surface area contributed by atoms with E-state index < -0.39 is 0 Å². The number of ether oxygens (including phenoxy) is 2. The van der Waals surface area contributed by atoms with Gasteiger partial charge in [0.1, 0.15) is 10.2 Å². The van der Waals surface area contributed by atoms with Gasteiger partial charge in [-0.2, -0.15) is 9.97 Å². The van der Waals surface area contributed by atoms with E-state index in [1.165, 1.54) is 25.6 Å². The number of hydrogen-bond acceptors (Lipinski definition) is 6. The van der Waals surface area contributed by atoms with Gasteiger partial charge in [0.2, 0.25) is 5.88 Å². The summed E-state index contributed by atoms with van der Waals surface area (Å²) in [6, 6.07) is 0.195. The molecule has 0 spiro atoms. The lowest BCUT2D eigenvalue weighted by atomic mass is 10.3. The summed E-state index contributed by atoms with van der Waals surface area (Å²) in [6.07, 6.45) is 0.755. The third-order valence-electron chi connectivity index (χ3n) is 1.89. The monoisotopic (exact) mass is 224 g/mol. The van der Waals surface area contributed by atoms with Crippen molar-refractivity contribution >= 4 is 27.8 Å². The molecule has 2 heterocycles. The number of carbonyl (C=O) groups excluding carboxylic acids is 1. The Labute approximate surface area is 89.7 Å². The second kappa shape index (κ2) is 3.82. The molecule has 78 valence electrons. The predicted octanol–water partition coefficient (Wildman–Crippen LogP) is 1.52. The molecule has 0 saturated carbocycles. The molecular formula is C9H8N2O3S. The predicted molar refractivity (Wildman–Crippen MR) is 55.9 cm³/mol. The van der Waals surface area contributed by atoms with Crippen LogP contribution >= 0.6 is 11.3 Å². The number of aromatic nitrogens is 2. The van der Waals surface area contributed by atoms with E-state index in [0.29, 0.717) is 17.0 Å². The second-order valence-electron chi connectivity index (χ2n) is 2.71. The first kappa shape index (κ1) is 9.85. The van der Waals surface area contributed by atoms with Crippen molar-refractivity contribution in [1.29, 1.82) is 0 Å². The Balaban J connectivity index is 2.77. The van der Waals surface area contributed by atoms with E-state index in [4.69, 9.17) is 9.47 Å². The average molecular weight is 224 g/mol. The molecule has 2 rings (SSSR count). The van der Waals surface area contributed by atoms with Crippen molar-refractivity contribution in [2.24, 2.45) is 0 Å². The minimum Gasteiger partial charge on any atom is -0.480 e. The van der Waals surface area contributed by atoms with Crippen LogP contribution in [0, 0.1) is 0 Å². The number of hydrogen-bond donors (Lipinski definition) is 0. The molecule has 2 aromatic heterocycles. The summed E-state index contributed by atoms with van der Waals surface area (Å²) >= 11 is 1.37. The molecule has 0 aliphatic rings. The lowest BCUT2D eigenvalue weighted by Crippen LogP contribution is -1.96. The maximum atomic E-state index is 10.7. The van der Waals surface area contributed by atoms with Crippen LogP contribution < -0.4 is 9.47 Å². The molecule has 6 heteroatoms. The molecule has 0 aliphatic heterocycles. The van der Waals surface area contributed by atoms with Crippen LogP contribution in [0.4, 0.5) is 0 Å². The maximum absolute atomic E-state index is 10.7. The highest BCUT2D eigenvalue weighted by Crippen LogP contribution is 2.31. The summed E-state index contributed by atoms with van der Waals surface area (Å²) in [7, 11) is 2.98. The van der Waals surface area contributed by atoms with E-state index in [9.17, 15) is 4.79 Å². The molecule has 0 aliphatic carbocycles. The Morgan fingerprint density at radius 2 is 2.13 bits per heavy atom. The number of rotatable bonds is 3. The molecule has 0 bridgehead atoms. The van der Waals surface area contributed by atoms with Crippen molar-refractivity contribution in [3.8, 4) is 11.9 Å². The highest BCUT2D eigenvalue weighted by molar-refractivity contribution is 7.17. The Hall–Kier alpha value is -1.69. The van der Waals surface area contributed by atoms with Crippen LogP contribution in [0.1, 0.15) is 10.4 Å². The van der Waals surface area contributed by atoms with Gasteiger partial charge in [0, 0.05) is 5.38 Å². The van der Waals surface area contributed by atoms with Crippen LogP contribution in [0.3, 0.4) is 0 Å². The molecule has 15 heavy (non-hydrogen) atoms. The molecule has 0 radical (unpaired) electrons. The Morgan fingerprint density at radius 3 is 2.73 bits per heavy atom. The number of aldehydes is 1. The molecule has 0 N–H and O–H groups in total. The number of thiophene rings is 1. The molecule has 0 atom stereocenters. The van der Waals surface area contributed by atoms with Gasteiger partial charge in [-0.25, -0.2) is 0 Å². The number of methoxy groups -OCH3 is 2. The summed E-state index contributed by atoms with van der Waals surface area (Å²) in [5.74, 6) is 0.426. The fourth-order valence-electron chi connectivity index (χ4n) is 1.20. The van der Waals surface area contributed by atoms with Gasteiger partial charge >= 0.3 is 6.01 Å². The summed E-state index contributed by atoms with van der Waals surface area (Å²) in [5, 5.41) is 1.72. The summed E-state index contributed by atoms with van der Waals surface area (Å²) in [4.78, 5) is 18.9. The van der Waals surface area contributed by atoms with Gasteiger partial charge in [0.25, 0.3) is 0 Å². The fourth-order valence-corrected chi connectivity index (χ4v) is 2.12. The van der Waals surface area contributed by atoms with Crippen LogP contribution in [-0.4, -0.2) is 30.5 Å². The van der Waals surface area contributed by atoms with Crippen molar-refractivity contribution in [1.82, 2.24) is 9.97 Å². The molecule has 0 unspecified atom stereocenters.